The average Bonchev–Trinajstić information content (AvgIpc) is 3.30. The van der Waals surface area contributed by atoms with Gasteiger partial charge in [-0.2, -0.15) is 4.98 Å². The summed E-state index contributed by atoms with van der Waals surface area (Å²) in [5.41, 5.74) is 4.53. The fourth-order valence-corrected chi connectivity index (χ4v) is 3.76. The van der Waals surface area contributed by atoms with Crippen molar-refractivity contribution in [3.63, 3.8) is 0 Å². The minimum atomic E-state index is -0.291. The van der Waals surface area contributed by atoms with E-state index in [0.29, 0.717) is 16.7 Å². The molecule has 5 nitrogen and oxygen atoms in total. The Morgan fingerprint density at radius 3 is 2.70 bits per heavy atom. The van der Waals surface area contributed by atoms with Gasteiger partial charge in [-0.15, -0.1) is 0 Å². The van der Waals surface area contributed by atoms with Gasteiger partial charge in [-0.1, -0.05) is 37.2 Å². The molecule has 0 amide bonds. The Balaban J connectivity index is 1.52. The van der Waals surface area contributed by atoms with Crippen LogP contribution in [-0.4, -0.2) is 14.5 Å². The van der Waals surface area contributed by atoms with E-state index < -0.39 is 0 Å². The third kappa shape index (κ3) is 5.41. The molecule has 0 radical (unpaired) electrons. The zero-order chi connectivity index (χ0) is 23.4. The molecule has 0 aliphatic carbocycles. The Morgan fingerprint density at radius 2 is 1.97 bits per heavy atom. The van der Waals surface area contributed by atoms with E-state index in [1.807, 2.05) is 48.1 Å². The van der Waals surface area contributed by atoms with Gasteiger partial charge in [0.1, 0.15) is 11.6 Å². The summed E-state index contributed by atoms with van der Waals surface area (Å²) in [6.07, 6.45) is 6.58. The van der Waals surface area contributed by atoms with Crippen LogP contribution in [0.5, 0.6) is 0 Å². The predicted octanol–water partition coefficient (Wildman–Crippen LogP) is 6.82. The summed E-state index contributed by atoms with van der Waals surface area (Å²) in [6.45, 7) is 8.31. The average molecular weight is 462 g/mol. The van der Waals surface area contributed by atoms with Crippen LogP contribution in [0.1, 0.15) is 36.1 Å². The standard InChI is InChI=1S/C26H25ClFN5/c1-4-24(19-6-5-7-21(27)14-19)30-18(3)20-12-13-33(16-20)25-17(2)15-29-26(32-25)31-23-10-8-22(28)9-11-23/h5-16,24,30H,3-4H2,1-2H3,(H,29,31,32). The Kier molecular flexibility index (Phi) is 6.75. The smallest absolute Gasteiger partial charge is 0.229 e. The molecule has 168 valence electrons. The first-order valence-electron chi connectivity index (χ1n) is 10.7. The zero-order valence-electron chi connectivity index (χ0n) is 18.5. The lowest BCUT2D eigenvalue weighted by molar-refractivity contribution is 0.614. The highest BCUT2D eigenvalue weighted by Gasteiger charge is 2.13. The molecule has 4 aromatic rings. The lowest BCUT2D eigenvalue weighted by atomic mass is 10.0. The van der Waals surface area contributed by atoms with Crippen molar-refractivity contribution in [3.8, 4) is 5.82 Å². The second-order valence-corrected chi connectivity index (χ2v) is 8.21. The van der Waals surface area contributed by atoms with Gasteiger partial charge in [-0.05, 0) is 61.4 Å². The number of aryl methyl sites for hydroxylation is 1. The Morgan fingerprint density at radius 1 is 1.18 bits per heavy atom. The second kappa shape index (κ2) is 9.88. The molecule has 0 aliphatic rings. The van der Waals surface area contributed by atoms with Crippen molar-refractivity contribution in [2.45, 2.75) is 26.3 Å². The van der Waals surface area contributed by atoms with Crippen LogP contribution in [0, 0.1) is 12.7 Å². The van der Waals surface area contributed by atoms with Gasteiger partial charge in [0.15, 0.2) is 0 Å². The molecule has 0 aliphatic heterocycles. The quantitative estimate of drug-likeness (QED) is 0.302. The van der Waals surface area contributed by atoms with Crippen molar-refractivity contribution < 1.29 is 4.39 Å². The predicted molar refractivity (Wildman–Crippen MR) is 132 cm³/mol. The number of halogens is 2. The van der Waals surface area contributed by atoms with E-state index in [0.717, 1.165) is 34.6 Å². The van der Waals surface area contributed by atoms with Crippen LogP contribution in [-0.2, 0) is 0 Å². The van der Waals surface area contributed by atoms with Gasteiger partial charge in [0.05, 0.1) is 6.04 Å². The SMILES string of the molecule is C=C(NC(CC)c1cccc(Cl)c1)c1ccn(-c2nc(Nc3ccc(F)cc3)ncc2C)c1. The van der Waals surface area contributed by atoms with Crippen LogP contribution in [0.15, 0.2) is 79.8 Å². The van der Waals surface area contributed by atoms with Crippen LogP contribution in [0.4, 0.5) is 16.0 Å². The lowest BCUT2D eigenvalue weighted by Gasteiger charge is -2.20. The van der Waals surface area contributed by atoms with Crippen LogP contribution in [0.25, 0.3) is 11.5 Å². The van der Waals surface area contributed by atoms with Crippen molar-refractivity contribution in [2.75, 3.05) is 5.32 Å². The van der Waals surface area contributed by atoms with E-state index in [2.05, 4.69) is 40.2 Å². The molecule has 0 fully saturated rings. The topological polar surface area (TPSA) is 54.8 Å². The summed E-state index contributed by atoms with van der Waals surface area (Å²) in [6, 6.07) is 16.0. The first-order chi connectivity index (χ1) is 15.9. The van der Waals surface area contributed by atoms with Crippen molar-refractivity contribution >= 4 is 28.9 Å². The highest BCUT2D eigenvalue weighted by Crippen LogP contribution is 2.25. The summed E-state index contributed by atoms with van der Waals surface area (Å²) in [7, 11) is 0. The summed E-state index contributed by atoms with van der Waals surface area (Å²) in [4.78, 5) is 8.99. The number of nitrogens with one attached hydrogen (secondary N) is 2. The second-order valence-electron chi connectivity index (χ2n) is 7.78. The summed E-state index contributed by atoms with van der Waals surface area (Å²) in [5, 5.41) is 7.34. The Labute approximate surface area is 198 Å². The van der Waals surface area contributed by atoms with E-state index in [-0.39, 0.29) is 11.9 Å². The Bertz CT molecular complexity index is 1270. The molecule has 1 unspecified atom stereocenters. The van der Waals surface area contributed by atoms with Gasteiger partial charge >= 0.3 is 0 Å². The molecular formula is C26H25ClFN5. The number of nitrogens with zero attached hydrogens (tertiary/aromatic N) is 3. The first-order valence-corrected chi connectivity index (χ1v) is 11.1. The van der Waals surface area contributed by atoms with Crippen LogP contribution >= 0.6 is 11.6 Å². The normalized spacial score (nSPS) is 11.8. The highest BCUT2D eigenvalue weighted by molar-refractivity contribution is 6.30. The van der Waals surface area contributed by atoms with Gasteiger partial charge in [0.2, 0.25) is 5.95 Å². The minimum absolute atomic E-state index is 0.104. The fraction of sp³-hybridized carbons (Fsp3) is 0.154. The maximum absolute atomic E-state index is 13.2. The molecule has 7 heteroatoms. The van der Waals surface area contributed by atoms with Crippen molar-refractivity contribution in [1.29, 1.82) is 0 Å². The van der Waals surface area contributed by atoms with E-state index in [9.17, 15) is 4.39 Å². The van der Waals surface area contributed by atoms with E-state index in [4.69, 9.17) is 11.6 Å². The van der Waals surface area contributed by atoms with Gasteiger partial charge in [0.25, 0.3) is 0 Å². The lowest BCUT2D eigenvalue weighted by Crippen LogP contribution is -2.18. The van der Waals surface area contributed by atoms with Crippen molar-refractivity contribution in [2.24, 2.45) is 0 Å². The maximum atomic E-state index is 13.2. The van der Waals surface area contributed by atoms with E-state index in [1.54, 1.807) is 18.3 Å². The van der Waals surface area contributed by atoms with Crippen molar-refractivity contribution in [1.82, 2.24) is 19.9 Å². The van der Waals surface area contributed by atoms with Gasteiger partial charge in [-0.3, -0.25) is 0 Å². The number of hydrogen-bond donors (Lipinski definition) is 2. The summed E-state index contributed by atoms with van der Waals surface area (Å²) in [5.74, 6) is 0.886. The molecule has 2 heterocycles. The number of benzene rings is 2. The molecule has 2 N–H and O–H groups in total. The minimum Gasteiger partial charge on any atom is -0.378 e. The molecule has 2 aromatic heterocycles. The van der Waals surface area contributed by atoms with Crippen LogP contribution in [0.2, 0.25) is 5.02 Å². The summed E-state index contributed by atoms with van der Waals surface area (Å²) >= 11 is 6.17. The molecule has 0 saturated heterocycles. The Hall–Kier alpha value is -3.64. The first kappa shape index (κ1) is 22.6. The van der Waals surface area contributed by atoms with Gasteiger partial charge in [0, 0.05) is 46.1 Å². The molecule has 0 saturated carbocycles. The molecule has 33 heavy (non-hydrogen) atoms. The number of anilines is 2. The number of rotatable bonds is 8. The highest BCUT2D eigenvalue weighted by atomic mass is 35.5. The maximum Gasteiger partial charge on any atom is 0.229 e. The molecule has 0 bridgehead atoms. The molecule has 2 aromatic carbocycles. The third-order valence-corrected chi connectivity index (χ3v) is 5.57. The monoisotopic (exact) mass is 461 g/mol. The van der Waals surface area contributed by atoms with E-state index in [1.165, 1.54) is 12.1 Å². The van der Waals surface area contributed by atoms with Crippen LogP contribution < -0.4 is 10.6 Å². The molecule has 1 atom stereocenters. The number of hydrogen-bond acceptors (Lipinski definition) is 4. The van der Waals surface area contributed by atoms with Crippen molar-refractivity contribution in [3.05, 3.63) is 107 Å². The van der Waals surface area contributed by atoms with Crippen LogP contribution in [0.3, 0.4) is 0 Å². The third-order valence-electron chi connectivity index (χ3n) is 5.34. The van der Waals surface area contributed by atoms with E-state index >= 15 is 0 Å². The zero-order valence-corrected chi connectivity index (χ0v) is 19.3. The largest absolute Gasteiger partial charge is 0.378 e. The van der Waals surface area contributed by atoms with Gasteiger partial charge in [-0.25, -0.2) is 9.37 Å². The summed E-state index contributed by atoms with van der Waals surface area (Å²) < 4.78 is 15.1. The molecule has 0 spiro atoms. The fourth-order valence-electron chi connectivity index (χ4n) is 3.56. The number of aromatic nitrogens is 3. The molecular weight excluding hydrogens is 437 g/mol. The molecule has 4 rings (SSSR count). The van der Waals surface area contributed by atoms with Gasteiger partial charge < -0.3 is 15.2 Å².